The number of hydrogen-bond donors (Lipinski definition) is 1. The van der Waals surface area contributed by atoms with Crippen molar-refractivity contribution in [3.8, 4) is 17.2 Å². The molecule has 1 aliphatic heterocycles. The van der Waals surface area contributed by atoms with Gasteiger partial charge >= 0.3 is 5.97 Å². The summed E-state index contributed by atoms with van der Waals surface area (Å²) in [7, 11) is 3.28. The third-order valence-corrected chi connectivity index (χ3v) is 6.04. The van der Waals surface area contributed by atoms with Crippen molar-refractivity contribution in [1.82, 2.24) is 4.90 Å². The van der Waals surface area contributed by atoms with E-state index in [1.54, 1.807) is 14.2 Å². The maximum Gasteiger partial charge on any atom is 0.306 e. The largest absolute Gasteiger partial charge is 0.497 e. The smallest absolute Gasteiger partial charge is 0.306 e. The Labute approximate surface area is 185 Å². The molecule has 1 N–H and O–H groups in total. The fourth-order valence-electron chi connectivity index (χ4n) is 4.03. The van der Waals surface area contributed by atoms with Gasteiger partial charge in [0.1, 0.15) is 17.2 Å². The molecular formula is C23H28BrNO5. The van der Waals surface area contributed by atoms with Crippen LogP contribution in [0.2, 0.25) is 0 Å². The Hall–Kier alpha value is -2.25. The van der Waals surface area contributed by atoms with E-state index in [1.165, 1.54) is 0 Å². The number of halogens is 1. The Morgan fingerprint density at radius 3 is 2.43 bits per heavy atom. The highest BCUT2D eigenvalue weighted by atomic mass is 79.9. The second-order valence-corrected chi connectivity index (χ2v) is 8.19. The molecule has 0 saturated carbocycles. The number of nitrogens with zero attached hydrogens (tertiary/aromatic N) is 1. The summed E-state index contributed by atoms with van der Waals surface area (Å²) in [5.74, 6) is 1.24. The van der Waals surface area contributed by atoms with Gasteiger partial charge in [0.2, 0.25) is 0 Å². The first kappa shape index (κ1) is 22.4. The van der Waals surface area contributed by atoms with Crippen LogP contribution < -0.4 is 14.2 Å². The van der Waals surface area contributed by atoms with Gasteiger partial charge in [0.15, 0.2) is 0 Å². The standard InChI is InChI=1S/C23H28BrNO5/c1-4-30-20-8-5-16(24)13-19(20)22(25-11-9-15(10-12-25)23(26)27)18-7-6-17(28-2)14-21(18)29-3/h5-8,13-15,22H,4,9-12H2,1-3H3,(H,26,27). The molecule has 2 aromatic rings. The Bertz CT molecular complexity index is 880. The van der Waals surface area contributed by atoms with Gasteiger partial charge in [-0.25, -0.2) is 0 Å². The van der Waals surface area contributed by atoms with Crippen LogP contribution in [0.15, 0.2) is 40.9 Å². The van der Waals surface area contributed by atoms with E-state index in [1.807, 2.05) is 37.3 Å². The molecule has 1 atom stereocenters. The minimum Gasteiger partial charge on any atom is -0.497 e. The summed E-state index contributed by atoms with van der Waals surface area (Å²) >= 11 is 3.60. The lowest BCUT2D eigenvalue weighted by atomic mass is 9.90. The predicted octanol–water partition coefficient (Wildman–Crippen LogP) is 4.75. The third-order valence-electron chi connectivity index (χ3n) is 5.55. The number of carboxylic acid groups (broad SMARTS) is 1. The molecule has 1 aliphatic rings. The molecule has 0 aromatic heterocycles. The quantitative estimate of drug-likeness (QED) is 0.591. The maximum atomic E-state index is 11.4. The number of piperidine rings is 1. The van der Waals surface area contributed by atoms with E-state index in [4.69, 9.17) is 14.2 Å². The Balaban J connectivity index is 2.09. The number of likely N-dealkylation sites (tertiary alicyclic amines) is 1. The lowest BCUT2D eigenvalue weighted by Crippen LogP contribution is -2.39. The number of carbonyl (C=O) groups is 1. The molecule has 6 nitrogen and oxygen atoms in total. The Kier molecular flexibility index (Phi) is 7.61. The molecule has 3 rings (SSSR count). The molecule has 1 heterocycles. The first-order valence-electron chi connectivity index (χ1n) is 10.1. The number of ether oxygens (including phenoxy) is 3. The van der Waals surface area contributed by atoms with Crippen LogP contribution in [-0.2, 0) is 4.79 Å². The van der Waals surface area contributed by atoms with Crippen LogP contribution in [0, 0.1) is 5.92 Å². The predicted molar refractivity (Wildman–Crippen MR) is 119 cm³/mol. The fourth-order valence-corrected chi connectivity index (χ4v) is 4.41. The van der Waals surface area contributed by atoms with E-state index >= 15 is 0 Å². The van der Waals surface area contributed by atoms with Crippen LogP contribution in [0.1, 0.15) is 36.9 Å². The highest BCUT2D eigenvalue weighted by Crippen LogP contribution is 2.42. The van der Waals surface area contributed by atoms with E-state index in [-0.39, 0.29) is 12.0 Å². The molecule has 0 spiro atoms. The topological polar surface area (TPSA) is 68.2 Å². The highest BCUT2D eigenvalue weighted by Gasteiger charge is 2.33. The second kappa shape index (κ2) is 10.2. The molecule has 1 saturated heterocycles. The van der Waals surface area contributed by atoms with Gasteiger partial charge in [-0.1, -0.05) is 15.9 Å². The minimum atomic E-state index is -0.717. The second-order valence-electron chi connectivity index (χ2n) is 7.27. The number of hydrogen-bond acceptors (Lipinski definition) is 5. The Morgan fingerprint density at radius 2 is 1.83 bits per heavy atom. The van der Waals surface area contributed by atoms with Crippen molar-refractivity contribution >= 4 is 21.9 Å². The van der Waals surface area contributed by atoms with Crippen molar-refractivity contribution in [1.29, 1.82) is 0 Å². The van der Waals surface area contributed by atoms with Crippen LogP contribution in [0.25, 0.3) is 0 Å². The molecule has 30 heavy (non-hydrogen) atoms. The summed E-state index contributed by atoms with van der Waals surface area (Å²) in [6.07, 6.45) is 1.23. The average molecular weight is 478 g/mol. The summed E-state index contributed by atoms with van der Waals surface area (Å²) in [5, 5.41) is 9.41. The summed E-state index contributed by atoms with van der Waals surface area (Å²) in [6, 6.07) is 11.7. The normalized spacial score (nSPS) is 16.1. The van der Waals surface area contributed by atoms with Crippen molar-refractivity contribution in [2.75, 3.05) is 33.9 Å². The zero-order valence-electron chi connectivity index (χ0n) is 17.6. The highest BCUT2D eigenvalue weighted by molar-refractivity contribution is 9.10. The molecular weight excluding hydrogens is 450 g/mol. The average Bonchev–Trinajstić information content (AvgIpc) is 2.76. The number of aliphatic carboxylic acids is 1. The zero-order valence-corrected chi connectivity index (χ0v) is 19.1. The van der Waals surface area contributed by atoms with Gasteiger partial charge in [-0.3, -0.25) is 9.69 Å². The van der Waals surface area contributed by atoms with E-state index in [9.17, 15) is 9.90 Å². The number of carboxylic acids is 1. The number of benzene rings is 2. The van der Waals surface area contributed by atoms with Crippen molar-refractivity contribution in [3.05, 3.63) is 52.0 Å². The summed E-state index contributed by atoms with van der Waals surface area (Å²) in [6.45, 7) is 3.87. The van der Waals surface area contributed by atoms with Gasteiger partial charge in [-0.2, -0.15) is 0 Å². The van der Waals surface area contributed by atoms with E-state index in [0.29, 0.717) is 32.5 Å². The van der Waals surface area contributed by atoms with Gasteiger partial charge in [0, 0.05) is 21.7 Å². The first-order valence-corrected chi connectivity index (χ1v) is 10.9. The van der Waals surface area contributed by atoms with Crippen molar-refractivity contribution < 1.29 is 24.1 Å². The van der Waals surface area contributed by atoms with E-state index < -0.39 is 5.97 Å². The Morgan fingerprint density at radius 1 is 1.10 bits per heavy atom. The van der Waals surface area contributed by atoms with Gasteiger partial charge in [0.05, 0.1) is 32.8 Å². The van der Waals surface area contributed by atoms with Gasteiger partial charge in [-0.05, 0) is 63.2 Å². The van der Waals surface area contributed by atoms with Crippen LogP contribution in [-0.4, -0.2) is 49.9 Å². The zero-order chi connectivity index (χ0) is 21.7. The van der Waals surface area contributed by atoms with Crippen LogP contribution >= 0.6 is 15.9 Å². The number of methoxy groups -OCH3 is 2. The minimum absolute atomic E-state index is 0.139. The van der Waals surface area contributed by atoms with Crippen LogP contribution in [0.3, 0.4) is 0 Å². The van der Waals surface area contributed by atoms with Crippen molar-refractivity contribution in [3.63, 3.8) is 0 Å². The molecule has 0 amide bonds. The van der Waals surface area contributed by atoms with Crippen LogP contribution in [0.4, 0.5) is 0 Å². The van der Waals surface area contributed by atoms with E-state index in [2.05, 4.69) is 26.9 Å². The molecule has 0 bridgehead atoms. The lowest BCUT2D eigenvalue weighted by Gasteiger charge is -2.38. The third kappa shape index (κ3) is 4.90. The molecule has 1 unspecified atom stereocenters. The summed E-state index contributed by atoms with van der Waals surface area (Å²) < 4.78 is 18.0. The van der Waals surface area contributed by atoms with Crippen LogP contribution in [0.5, 0.6) is 17.2 Å². The maximum absolute atomic E-state index is 11.4. The van der Waals surface area contributed by atoms with Crippen molar-refractivity contribution in [2.45, 2.75) is 25.8 Å². The molecule has 162 valence electrons. The summed E-state index contributed by atoms with van der Waals surface area (Å²) in [4.78, 5) is 13.8. The number of rotatable bonds is 8. The van der Waals surface area contributed by atoms with Crippen molar-refractivity contribution in [2.24, 2.45) is 5.92 Å². The van der Waals surface area contributed by atoms with Gasteiger partial charge < -0.3 is 19.3 Å². The lowest BCUT2D eigenvalue weighted by molar-refractivity contribution is -0.143. The van der Waals surface area contributed by atoms with E-state index in [0.717, 1.165) is 32.8 Å². The van der Waals surface area contributed by atoms with Gasteiger partial charge in [-0.15, -0.1) is 0 Å². The summed E-state index contributed by atoms with van der Waals surface area (Å²) in [5.41, 5.74) is 2.01. The van der Waals surface area contributed by atoms with Gasteiger partial charge in [0.25, 0.3) is 0 Å². The molecule has 0 radical (unpaired) electrons. The molecule has 2 aromatic carbocycles. The first-order chi connectivity index (χ1) is 14.5. The molecule has 7 heteroatoms. The SMILES string of the molecule is CCOc1ccc(Br)cc1C(c1ccc(OC)cc1OC)N1CCC(C(=O)O)CC1. The molecule has 1 fully saturated rings. The monoisotopic (exact) mass is 477 g/mol. The fraction of sp³-hybridized carbons (Fsp3) is 0.435. The molecule has 0 aliphatic carbocycles.